The second-order valence-corrected chi connectivity index (χ2v) is 5.97. The van der Waals surface area contributed by atoms with Crippen molar-refractivity contribution in [2.75, 3.05) is 12.1 Å². The molecule has 0 spiro atoms. The van der Waals surface area contributed by atoms with Crippen LogP contribution in [0.3, 0.4) is 0 Å². The number of nitro benzene ring substituents is 1. The normalized spacial score (nSPS) is 10.8. The molecule has 0 atom stereocenters. The van der Waals surface area contributed by atoms with Crippen molar-refractivity contribution in [1.29, 1.82) is 0 Å². The minimum atomic E-state index is -0.659. The third-order valence-corrected chi connectivity index (χ3v) is 4.07. The number of hydrogen-bond acceptors (Lipinski definition) is 6. The lowest BCUT2D eigenvalue weighted by atomic mass is 10.2. The number of para-hydroxylation sites is 1. The molecule has 28 heavy (non-hydrogen) atoms. The molecule has 142 valence electrons. The van der Waals surface area contributed by atoms with E-state index in [9.17, 15) is 15.2 Å². The molecule has 7 nitrogen and oxygen atoms in total. The van der Waals surface area contributed by atoms with Crippen LogP contribution in [0.5, 0.6) is 11.5 Å². The molecule has 0 saturated carbocycles. The van der Waals surface area contributed by atoms with Gasteiger partial charge in [0, 0.05) is 11.6 Å². The Morgan fingerprint density at radius 2 is 1.75 bits per heavy atom. The molecule has 0 aliphatic carbocycles. The third-order valence-electron chi connectivity index (χ3n) is 4.07. The molecular formula is C21H19N3O4. The zero-order valence-electron chi connectivity index (χ0n) is 15.2. The second-order valence-electron chi connectivity index (χ2n) is 5.97. The summed E-state index contributed by atoms with van der Waals surface area (Å²) in [5.74, 6) is -0.487. The van der Waals surface area contributed by atoms with Crippen LogP contribution < -0.4 is 9.75 Å². The molecule has 0 aliphatic rings. The maximum absolute atomic E-state index is 11.2. The Bertz CT molecular complexity index is 976. The van der Waals surface area contributed by atoms with Crippen LogP contribution in [-0.4, -0.2) is 23.4 Å². The summed E-state index contributed by atoms with van der Waals surface area (Å²) in [7, 11) is 1.34. The number of phenolic OH excluding ortho intramolecular Hbond substituents is 1. The van der Waals surface area contributed by atoms with E-state index in [1.807, 2.05) is 60.7 Å². The van der Waals surface area contributed by atoms with Crippen molar-refractivity contribution in [3.05, 3.63) is 94.0 Å². The summed E-state index contributed by atoms with van der Waals surface area (Å²) in [6.07, 6.45) is 1.50. The number of benzene rings is 3. The summed E-state index contributed by atoms with van der Waals surface area (Å²) in [5, 5.41) is 27.4. The topological polar surface area (TPSA) is 88.2 Å². The number of aromatic hydroxyl groups is 1. The molecule has 0 aliphatic heterocycles. The molecule has 3 aromatic carbocycles. The first-order chi connectivity index (χ1) is 13.6. The van der Waals surface area contributed by atoms with Gasteiger partial charge in [-0.3, -0.25) is 15.1 Å². The third kappa shape index (κ3) is 4.45. The monoisotopic (exact) mass is 377 g/mol. The Balaban J connectivity index is 1.95. The molecule has 0 radical (unpaired) electrons. The standard InChI is InChI=1S/C21H19N3O4/c1-28-20-13-17(12-19(21(20)25)24(26)27)14-22-23(18-10-6-3-7-11-18)15-16-8-4-2-5-9-16/h2-14,25H,15H2,1H3/b22-14+. The number of nitro groups is 1. The Morgan fingerprint density at radius 1 is 1.11 bits per heavy atom. The van der Waals surface area contributed by atoms with Crippen LogP contribution in [0.15, 0.2) is 77.9 Å². The Labute approximate surface area is 162 Å². The predicted octanol–water partition coefficient (Wildman–Crippen LogP) is 4.35. The Morgan fingerprint density at radius 3 is 2.36 bits per heavy atom. The predicted molar refractivity (Wildman–Crippen MR) is 108 cm³/mol. The van der Waals surface area contributed by atoms with Crippen molar-refractivity contribution >= 4 is 17.6 Å². The number of methoxy groups -OCH3 is 1. The molecule has 0 bridgehead atoms. The number of phenols is 1. The summed E-state index contributed by atoms with van der Waals surface area (Å²) in [4.78, 5) is 10.5. The lowest BCUT2D eigenvalue weighted by Crippen LogP contribution is -2.16. The zero-order chi connectivity index (χ0) is 19.9. The van der Waals surface area contributed by atoms with Gasteiger partial charge in [0.2, 0.25) is 5.75 Å². The van der Waals surface area contributed by atoms with Crippen LogP contribution in [0.1, 0.15) is 11.1 Å². The van der Waals surface area contributed by atoms with Gasteiger partial charge in [-0.25, -0.2) is 0 Å². The van der Waals surface area contributed by atoms with Gasteiger partial charge in [0.05, 0.1) is 30.5 Å². The fraction of sp³-hybridized carbons (Fsp3) is 0.0952. The van der Waals surface area contributed by atoms with E-state index in [1.54, 1.807) is 5.01 Å². The fourth-order valence-electron chi connectivity index (χ4n) is 2.67. The van der Waals surface area contributed by atoms with Gasteiger partial charge in [-0.2, -0.15) is 5.10 Å². The number of ether oxygens (including phenoxy) is 1. The average Bonchev–Trinajstić information content (AvgIpc) is 2.73. The van der Waals surface area contributed by atoms with E-state index >= 15 is 0 Å². The average molecular weight is 377 g/mol. The van der Waals surface area contributed by atoms with Crippen LogP contribution >= 0.6 is 0 Å². The van der Waals surface area contributed by atoms with Crippen molar-refractivity contribution in [2.45, 2.75) is 6.54 Å². The second kappa shape index (κ2) is 8.68. The molecule has 3 aromatic rings. The van der Waals surface area contributed by atoms with Crippen LogP contribution in [0.4, 0.5) is 11.4 Å². The number of hydrogen-bond donors (Lipinski definition) is 1. The maximum Gasteiger partial charge on any atom is 0.315 e. The van der Waals surface area contributed by atoms with Crippen LogP contribution in [0.2, 0.25) is 0 Å². The molecule has 0 heterocycles. The Kier molecular flexibility index (Phi) is 5.86. The first kappa shape index (κ1) is 18.9. The molecular weight excluding hydrogens is 358 g/mol. The summed E-state index contributed by atoms with van der Waals surface area (Å²) < 4.78 is 5.03. The Hall–Kier alpha value is -3.87. The minimum Gasteiger partial charge on any atom is -0.500 e. The minimum absolute atomic E-state index is 0.0185. The van der Waals surface area contributed by atoms with Gasteiger partial charge in [-0.1, -0.05) is 48.5 Å². The molecule has 0 aromatic heterocycles. The summed E-state index contributed by atoms with van der Waals surface area (Å²) in [5.41, 5.74) is 1.95. The van der Waals surface area contributed by atoms with Gasteiger partial charge in [0.15, 0.2) is 5.75 Å². The van der Waals surface area contributed by atoms with E-state index in [2.05, 4.69) is 5.10 Å². The first-order valence-corrected chi connectivity index (χ1v) is 8.54. The van der Waals surface area contributed by atoms with E-state index in [0.29, 0.717) is 12.1 Å². The van der Waals surface area contributed by atoms with E-state index < -0.39 is 16.4 Å². The summed E-state index contributed by atoms with van der Waals surface area (Å²) in [6, 6.07) is 22.2. The van der Waals surface area contributed by atoms with Crippen LogP contribution in [0.25, 0.3) is 0 Å². The lowest BCUT2D eigenvalue weighted by molar-refractivity contribution is -0.386. The number of anilines is 1. The number of nitrogens with zero attached hydrogens (tertiary/aromatic N) is 3. The van der Waals surface area contributed by atoms with Gasteiger partial charge >= 0.3 is 5.69 Å². The van der Waals surface area contributed by atoms with Crippen molar-refractivity contribution in [3.63, 3.8) is 0 Å². The van der Waals surface area contributed by atoms with E-state index in [4.69, 9.17) is 4.74 Å². The number of rotatable bonds is 7. The molecule has 1 N–H and O–H groups in total. The fourth-order valence-corrected chi connectivity index (χ4v) is 2.67. The van der Waals surface area contributed by atoms with Gasteiger partial charge in [-0.05, 0) is 23.8 Å². The van der Waals surface area contributed by atoms with Crippen molar-refractivity contribution in [3.8, 4) is 11.5 Å². The van der Waals surface area contributed by atoms with Gasteiger partial charge in [0.25, 0.3) is 0 Å². The molecule has 0 amide bonds. The SMILES string of the molecule is COc1cc(/C=N/N(Cc2ccccc2)c2ccccc2)cc([N+](=O)[O-])c1O. The highest BCUT2D eigenvalue weighted by Crippen LogP contribution is 2.36. The van der Waals surface area contributed by atoms with E-state index in [-0.39, 0.29) is 5.75 Å². The first-order valence-electron chi connectivity index (χ1n) is 8.54. The van der Waals surface area contributed by atoms with Gasteiger partial charge < -0.3 is 9.84 Å². The van der Waals surface area contributed by atoms with Crippen LogP contribution in [-0.2, 0) is 6.54 Å². The highest BCUT2D eigenvalue weighted by atomic mass is 16.6. The van der Waals surface area contributed by atoms with E-state index in [1.165, 1.54) is 25.5 Å². The molecule has 0 fully saturated rings. The van der Waals surface area contributed by atoms with E-state index in [0.717, 1.165) is 11.3 Å². The number of hydrazone groups is 1. The largest absolute Gasteiger partial charge is 0.500 e. The van der Waals surface area contributed by atoms with Crippen molar-refractivity contribution in [1.82, 2.24) is 0 Å². The molecule has 3 rings (SSSR count). The summed E-state index contributed by atoms with van der Waals surface area (Å²) >= 11 is 0. The summed E-state index contributed by atoms with van der Waals surface area (Å²) in [6.45, 7) is 0.526. The lowest BCUT2D eigenvalue weighted by Gasteiger charge is -2.19. The van der Waals surface area contributed by atoms with Gasteiger partial charge in [-0.15, -0.1) is 0 Å². The smallest absolute Gasteiger partial charge is 0.315 e. The van der Waals surface area contributed by atoms with Crippen molar-refractivity contribution in [2.24, 2.45) is 5.10 Å². The van der Waals surface area contributed by atoms with Crippen molar-refractivity contribution < 1.29 is 14.8 Å². The highest BCUT2D eigenvalue weighted by molar-refractivity contribution is 5.83. The molecule has 7 heteroatoms. The molecule has 0 saturated heterocycles. The molecule has 0 unspecified atom stereocenters. The zero-order valence-corrected chi connectivity index (χ0v) is 15.2. The highest BCUT2D eigenvalue weighted by Gasteiger charge is 2.19. The maximum atomic E-state index is 11.2. The van der Waals surface area contributed by atoms with Gasteiger partial charge in [0.1, 0.15) is 0 Å². The quantitative estimate of drug-likeness (QED) is 0.376. The van der Waals surface area contributed by atoms with Crippen LogP contribution in [0, 0.1) is 10.1 Å².